The first-order valence-electron chi connectivity index (χ1n) is 7.24. The van der Waals surface area contributed by atoms with Gasteiger partial charge < -0.3 is 4.90 Å². The van der Waals surface area contributed by atoms with E-state index >= 15 is 0 Å². The second kappa shape index (κ2) is 6.42. The van der Waals surface area contributed by atoms with Crippen LogP contribution in [0.2, 0.25) is 5.15 Å². The summed E-state index contributed by atoms with van der Waals surface area (Å²) in [6, 6.07) is 0. The molecule has 2 atom stereocenters. The number of hydrogen-bond donors (Lipinski definition) is 0. The van der Waals surface area contributed by atoms with E-state index in [2.05, 4.69) is 23.9 Å². The molecule has 1 fully saturated rings. The molecule has 2 unspecified atom stereocenters. The Hall–Kier alpha value is 0.0300. The van der Waals surface area contributed by atoms with Gasteiger partial charge in [0, 0.05) is 29.0 Å². The van der Waals surface area contributed by atoms with Gasteiger partial charge in [-0.25, -0.2) is 9.97 Å². The quantitative estimate of drug-likeness (QED) is 0.361. The van der Waals surface area contributed by atoms with Gasteiger partial charge in [0.15, 0.2) is 5.16 Å². The monoisotopic (exact) mass is 329 g/mol. The molecule has 0 amide bonds. The fourth-order valence-electron chi connectivity index (χ4n) is 2.84. The van der Waals surface area contributed by atoms with Crippen LogP contribution in [0.3, 0.4) is 0 Å². The summed E-state index contributed by atoms with van der Waals surface area (Å²) in [6.45, 7) is 4.47. The number of thioether (sulfide) groups is 2. The Labute approximate surface area is 134 Å². The third-order valence-corrected chi connectivity index (χ3v) is 6.51. The van der Waals surface area contributed by atoms with Gasteiger partial charge in [-0.05, 0) is 26.4 Å². The van der Waals surface area contributed by atoms with Crippen molar-refractivity contribution in [3.8, 4) is 0 Å². The predicted molar refractivity (Wildman–Crippen MR) is 87.2 cm³/mol. The van der Waals surface area contributed by atoms with Crippen LogP contribution in [-0.4, -0.2) is 46.0 Å². The molecule has 1 aromatic rings. The van der Waals surface area contributed by atoms with Gasteiger partial charge in [0.25, 0.3) is 0 Å². The van der Waals surface area contributed by atoms with E-state index in [9.17, 15) is 0 Å². The summed E-state index contributed by atoms with van der Waals surface area (Å²) in [5.41, 5.74) is 1.22. The number of fused-ring (bicyclic) bond motifs is 3. The lowest BCUT2D eigenvalue weighted by Gasteiger charge is -2.31. The predicted octanol–water partition coefficient (Wildman–Crippen LogP) is 3.92. The van der Waals surface area contributed by atoms with Crippen LogP contribution in [0.4, 0.5) is 0 Å². The van der Waals surface area contributed by atoms with Crippen LogP contribution < -0.4 is 0 Å². The molecule has 0 radical (unpaired) electrons. The summed E-state index contributed by atoms with van der Waals surface area (Å²) < 4.78 is 0. The van der Waals surface area contributed by atoms with Gasteiger partial charge in [0.2, 0.25) is 0 Å². The van der Waals surface area contributed by atoms with Crippen molar-refractivity contribution in [2.75, 3.05) is 25.9 Å². The molecule has 1 aromatic heterocycles. The Kier molecular flexibility index (Phi) is 4.80. The summed E-state index contributed by atoms with van der Waals surface area (Å²) in [5, 5.41) is 3.28. The smallest absolute Gasteiger partial charge is 0.190 e. The number of unbranched alkanes of at least 4 members (excludes halogenated alkanes) is 1. The largest absolute Gasteiger partial charge is 0.305 e. The fraction of sp³-hybridized carbons (Fsp3) is 0.714. The lowest BCUT2D eigenvalue weighted by atomic mass is 9.91. The van der Waals surface area contributed by atoms with Gasteiger partial charge in [-0.15, -0.1) is 11.8 Å². The minimum absolute atomic E-state index is 0.549. The highest BCUT2D eigenvalue weighted by molar-refractivity contribution is 8.00. The molecule has 0 N–H and O–H groups in total. The van der Waals surface area contributed by atoms with E-state index in [4.69, 9.17) is 16.6 Å². The zero-order valence-corrected chi connectivity index (χ0v) is 14.3. The Morgan fingerprint density at radius 2 is 2.30 bits per heavy atom. The van der Waals surface area contributed by atoms with Gasteiger partial charge in [-0.1, -0.05) is 36.7 Å². The number of rotatable bonds is 4. The molecule has 3 nitrogen and oxygen atoms in total. The van der Waals surface area contributed by atoms with Crippen LogP contribution >= 0.6 is 35.1 Å². The molecule has 0 saturated carbocycles. The van der Waals surface area contributed by atoms with Crippen molar-refractivity contribution < 1.29 is 0 Å². The molecule has 0 bridgehead atoms. The third-order valence-electron chi connectivity index (χ3n) is 3.97. The molecule has 20 heavy (non-hydrogen) atoms. The number of aromatic nitrogens is 2. The summed E-state index contributed by atoms with van der Waals surface area (Å²) in [5.74, 6) is 1.62. The second-order valence-electron chi connectivity index (χ2n) is 5.53. The van der Waals surface area contributed by atoms with Crippen molar-refractivity contribution >= 4 is 35.1 Å². The van der Waals surface area contributed by atoms with E-state index < -0.39 is 0 Å². The van der Waals surface area contributed by atoms with Crippen LogP contribution in [0.25, 0.3) is 0 Å². The summed E-state index contributed by atoms with van der Waals surface area (Å²) >= 11 is 10.1. The van der Waals surface area contributed by atoms with E-state index in [1.165, 1.54) is 24.8 Å². The van der Waals surface area contributed by atoms with Crippen LogP contribution in [0.15, 0.2) is 10.2 Å². The van der Waals surface area contributed by atoms with Crippen molar-refractivity contribution in [3.63, 3.8) is 0 Å². The third kappa shape index (κ3) is 2.96. The minimum Gasteiger partial charge on any atom is -0.305 e. The molecule has 3 heterocycles. The van der Waals surface area contributed by atoms with Crippen molar-refractivity contribution in [3.05, 3.63) is 10.7 Å². The molecule has 0 spiro atoms. The fourth-order valence-corrected chi connectivity index (χ4v) is 5.81. The summed E-state index contributed by atoms with van der Waals surface area (Å²) in [4.78, 5) is 11.7. The Morgan fingerprint density at radius 1 is 1.45 bits per heavy atom. The van der Waals surface area contributed by atoms with Crippen LogP contribution in [0.5, 0.6) is 0 Å². The van der Waals surface area contributed by atoms with E-state index in [0.29, 0.717) is 16.3 Å². The zero-order valence-electron chi connectivity index (χ0n) is 11.9. The number of likely N-dealkylation sites (tertiary alicyclic amines) is 1. The van der Waals surface area contributed by atoms with Crippen LogP contribution in [-0.2, 0) is 0 Å². The minimum atomic E-state index is 0.549. The maximum atomic E-state index is 6.45. The van der Waals surface area contributed by atoms with Crippen LogP contribution in [0.1, 0.15) is 37.7 Å². The van der Waals surface area contributed by atoms with E-state index in [1.54, 1.807) is 11.8 Å². The topological polar surface area (TPSA) is 29.0 Å². The average Bonchev–Trinajstić information content (AvgIpc) is 2.76. The molecule has 0 aliphatic carbocycles. The Bertz CT molecular complexity index is 498. The molecule has 110 valence electrons. The Balaban J connectivity index is 1.80. The van der Waals surface area contributed by atoms with Crippen molar-refractivity contribution in [2.24, 2.45) is 0 Å². The Morgan fingerprint density at radius 3 is 3.10 bits per heavy atom. The van der Waals surface area contributed by atoms with Crippen molar-refractivity contribution in [1.29, 1.82) is 0 Å². The van der Waals surface area contributed by atoms with E-state index in [1.807, 2.05) is 11.8 Å². The molecule has 0 aromatic carbocycles. The van der Waals surface area contributed by atoms with Crippen LogP contribution in [0, 0.1) is 0 Å². The first kappa shape index (κ1) is 14.9. The standard InChI is InChI=1S/C14H20ClN3S2/c1-3-4-7-19-14-16-12(15)11-9-5-6-18(2)8-10(9)20-13(11)17-14/h9-10H,3-8H2,1-2H3. The number of piperidine rings is 1. The molecule has 3 rings (SSSR count). The van der Waals surface area contributed by atoms with E-state index in [-0.39, 0.29) is 0 Å². The highest BCUT2D eigenvalue weighted by atomic mass is 35.5. The molecule has 1 saturated heterocycles. The van der Waals surface area contributed by atoms with Crippen molar-refractivity contribution in [1.82, 2.24) is 14.9 Å². The van der Waals surface area contributed by atoms with Gasteiger partial charge in [-0.3, -0.25) is 0 Å². The van der Waals surface area contributed by atoms with Gasteiger partial charge in [-0.2, -0.15) is 0 Å². The number of halogens is 1. The summed E-state index contributed by atoms with van der Waals surface area (Å²) in [6.07, 6.45) is 3.58. The highest BCUT2D eigenvalue weighted by Crippen LogP contribution is 2.50. The maximum Gasteiger partial charge on any atom is 0.190 e. The molecule has 2 aliphatic rings. The number of hydrogen-bond acceptors (Lipinski definition) is 5. The first-order valence-corrected chi connectivity index (χ1v) is 9.48. The SMILES string of the molecule is CCCCSc1nc(Cl)c2c(n1)SC1CN(C)CCC21. The van der Waals surface area contributed by atoms with Gasteiger partial charge >= 0.3 is 0 Å². The maximum absolute atomic E-state index is 6.45. The number of nitrogens with zero attached hydrogens (tertiary/aromatic N) is 3. The normalized spacial score (nSPS) is 25.6. The van der Waals surface area contributed by atoms with Gasteiger partial charge in [0.05, 0.1) is 0 Å². The average molecular weight is 330 g/mol. The van der Waals surface area contributed by atoms with Crippen molar-refractivity contribution in [2.45, 2.75) is 47.5 Å². The molecular weight excluding hydrogens is 310 g/mol. The lowest BCUT2D eigenvalue weighted by molar-refractivity contribution is 0.264. The zero-order chi connectivity index (χ0) is 14.1. The molecule has 6 heteroatoms. The van der Waals surface area contributed by atoms with Gasteiger partial charge in [0.1, 0.15) is 10.2 Å². The molecular formula is C14H20ClN3S2. The summed E-state index contributed by atoms with van der Waals surface area (Å²) in [7, 11) is 2.19. The van der Waals surface area contributed by atoms with E-state index in [0.717, 1.165) is 29.0 Å². The first-order chi connectivity index (χ1) is 9.69. The highest BCUT2D eigenvalue weighted by Gasteiger charge is 2.40. The second-order valence-corrected chi connectivity index (χ2v) is 8.18. The molecule has 2 aliphatic heterocycles. The lowest BCUT2D eigenvalue weighted by Crippen LogP contribution is -2.36.